The van der Waals surface area contributed by atoms with Crippen molar-refractivity contribution < 1.29 is 9.90 Å². The van der Waals surface area contributed by atoms with E-state index >= 15 is 0 Å². The lowest BCUT2D eigenvalue weighted by molar-refractivity contribution is 0.142. The van der Waals surface area contributed by atoms with Gasteiger partial charge in [0.1, 0.15) is 23.2 Å². The first-order chi connectivity index (χ1) is 15.6. The molecule has 164 valence electrons. The molecule has 0 spiro atoms. The van der Waals surface area contributed by atoms with Gasteiger partial charge in [-0.1, -0.05) is 12.8 Å². The van der Waals surface area contributed by atoms with E-state index < -0.39 is 6.09 Å². The topological polar surface area (TPSA) is 123 Å². The van der Waals surface area contributed by atoms with Gasteiger partial charge in [0.15, 0.2) is 0 Å². The third kappa shape index (κ3) is 3.77. The zero-order chi connectivity index (χ0) is 22.1. The zero-order valence-corrected chi connectivity index (χ0v) is 17.6. The number of hydrogen-bond acceptors (Lipinski definition) is 7. The van der Waals surface area contributed by atoms with E-state index in [2.05, 4.69) is 30.8 Å². The van der Waals surface area contributed by atoms with Crippen molar-refractivity contribution >= 4 is 34.6 Å². The van der Waals surface area contributed by atoms with Gasteiger partial charge in [-0.05, 0) is 31.0 Å². The van der Waals surface area contributed by atoms with E-state index in [1.165, 1.54) is 17.7 Å². The summed E-state index contributed by atoms with van der Waals surface area (Å²) >= 11 is 0. The molecule has 1 saturated heterocycles. The number of aromatic nitrogens is 4. The molecule has 2 N–H and O–H groups in total. The van der Waals surface area contributed by atoms with Crippen LogP contribution in [0.25, 0.3) is 11.0 Å². The van der Waals surface area contributed by atoms with Crippen LogP contribution in [0.1, 0.15) is 37.4 Å². The van der Waals surface area contributed by atoms with E-state index in [0.717, 1.165) is 29.6 Å². The van der Waals surface area contributed by atoms with Crippen LogP contribution in [-0.2, 0) is 0 Å². The Bertz CT molecular complexity index is 1170. The van der Waals surface area contributed by atoms with E-state index in [0.29, 0.717) is 49.7 Å². The lowest BCUT2D eigenvalue weighted by Crippen LogP contribution is -2.48. The summed E-state index contributed by atoms with van der Waals surface area (Å²) in [5.74, 6) is 1.06. The van der Waals surface area contributed by atoms with Gasteiger partial charge in [0, 0.05) is 43.8 Å². The van der Waals surface area contributed by atoms with Crippen molar-refractivity contribution in [2.45, 2.75) is 31.7 Å². The summed E-state index contributed by atoms with van der Waals surface area (Å²) in [7, 11) is 0. The Morgan fingerprint density at radius 1 is 1.12 bits per heavy atom. The highest BCUT2D eigenvalue weighted by molar-refractivity contribution is 5.79. The lowest BCUT2D eigenvalue weighted by atomic mass is 10.2. The van der Waals surface area contributed by atoms with Crippen LogP contribution in [0.5, 0.6) is 0 Å². The molecular weight excluding hydrogens is 408 g/mol. The fourth-order valence-electron chi connectivity index (χ4n) is 4.60. The van der Waals surface area contributed by atoms with Gasteiger partial charge in [0.25, 0.3) is 0 Å². The normalized spacial score (nSPS) is 17.0. The van der Waals surface area contributed by atoms with Crippen LogP contribution in [-0.4, -0.2) is 61.8 Å². The van der Waals surface area contributed by atoms with Gasteiger partial charge in [-0.3, -0.25) is 0 Å². The maximum atomic E-state index is 11.1. The van der Waals surface area contributed by atoms with Gasteiger partial charge in [-0.25, -0.2) is 14.8 Å². The number of amides is 1. The second-order valence-corrected chi connectivity index (χ2v) is 8.21. The summed E-state index contributed by atoms with van der Waals surface area (Å²) in [4.78, 5) is 28.2. The van der Waals surface area contributed by atoms with Crippen molar-refractivity contribution in [3.8, 4) is 6.07 Å². The molecule has 1 saturated carbocycles. The predicted octanol–water partition coefficient (Wildman–Crippen LogP) is 3.36. The second-order valence-electron chi connectivity index (χ2n) is 8.21. The highest BCUT2D eigenvalue weighted by Crippen LogP contribution is 2.34. The largest absolute Gasteiger partial charge is 0.465 e. The number of nitriles is 1. The first kappa shape index (κ1) is 20.1. The van der Waals surface area contributed by atoms with Gasteiger partial charge in [-0.2, -0.15) is 10.2 Å². The van der Waals surface area contributed by atoms with Crippen molar-refractivity contribution in [3.05, 3.63) is 36.3 Å². The van der Waals surface area contributed by atoms with Crippen LogP contribution in [0.2, 0.25) is 0 Å². The van der Waals surface area contributed by atoms with Gasteiger partial charge >= 0.3 is 6.09 Å². The average Bonchev–Trinajstić information content (AvgIpc) is 3.47. The third-order valence-electron chi connectivity index (χ3n) is 6.28. The molecule has 1 aliphatic carbocycles. The number of anilines is 3. The highest BCUT2D eigenvalue weighted by atomic mass is 16.4. The molecule has 0 unspecified atom stereocenters. The minimum atomic E-state index is -0.875. The fraction of sp³-hybridized carbons (Fsp3) is 0.409. The number of pyridine rings is 1. The summed E-state index contributed by atoms with van der Waals surface area (Å²) < 4.78 is 2.06. The van der Waals surface area contributed by atoms with Crippen LogP contribution < -0.4 is 10.2 Å². The van der Waals surface area contributed by atoms with Gasteiger partial charge in [-0.15, -0.1) is 0 Å². The smallest absolute Gasteiger partial charge is 0.407 e. The molecule has 1 aliphatic heterocycles. The van der Waals surface area contributed by atoms with Gasteiger partial charge < -0.3 is 24.8 Å². The summed E-state index contributed by atoms with van der Waals surface area (Å²) in [6, 6.07) is 8.29. The number of fused-ring (bicyclic) bond motifs is 1. The third-order valence-corrected chi connectivity index (χ3v) is 6.28. The van der Waals surface area contributed by atoms with Gasteiger partial charge in [0.05, 0.1) is 11.9 Å². The number of carbonyl (C=O) groups is 1. The Morgan fingerprint density at radius 2 is 1.91 bits per heavy atom. The molecule has 32 heavy (non-hydrogen) atoms. The Morgan fingerprint density at radius 3 is 2.56 bits per heavy atom. The van der Waals surface area contributed by atoms with Crippen molar-refractivity contribution in [3.63, 3.8) is 0 Å². The number of nitrogens with zero attached hydrogens (tertiary/aromatic N) is 7. The van der Waals surface area contributed by atoms with E-state index in [9.17, 15) is 10.1 Å². The van der Waals surface area contributed by atoms with Crippen LogP contribution in [0.4, 0.5) is 22.2 Å². The van der Waals surface area contributed by atoms with Crippen LogP contribution >= 0.6 is 0 Å². The highest BCUT2D eigenvalue weighted by Gasteiger charge is 2.23. The van der Waals surface area contributed by atoms with Crippen molar-refractivity contribution in [2.75, 3.05) is 36.4 Å². The molecule has 2 aliphatic rings. The Balaban J connectivity index is 1.33. The minimum Gasteiger partial charge on any atom is -0.465 e. The minimum absolute atomic E-state index is 0.309. The van der Waals surface area contributed by atoms with E-state index in [4.69, 9.17) is 10.1 Å². The maximum Gasteiger partial charge on any atom is 0.407 e. The lowest BCUT2D eigenvalue weighted by Gasteiger charge is -2.34. The summed E-state index contributed by atoms with van der Waals surface area (Å²) in [6.07, 6.45) is 7.11. The monoisotopic (exact) mass is 432 g/mol. The molecule has 1 amide bonds. The van der Waals surface area contributed by atoms with E-state index in [1.807, 2.05) is 18.2 Å². The number of nitrogens with one attached hydrogen (secondary N) is 1. The summed E-state index contributed by atoms with van der Waals surface area (Å²) in [5, 5.41) is 22.7. The molecule has 0 bridgehead atoms. The Labute approximate surface area is 185 Å². The molecule has 0 atom stereocenters. The maximum absolute atomic E-state index is 11.1. The first-order valence-electron chi connectivity index (χ1n) is 10.9. The first-order valence-corrected chi connectivity index (χ1v) is 10.9. The fourth-order valence-corrected chi connectivity index (χ4v) is 4.60. The molecule has 4 heterocycles. The van der Waals surface area contributed by atoms with Crippen LogP contribution in [0, 0.1) is 11.3 Å². The molecular formula is C22H24N8O2. The zero-order valence-electron chi connectivity index (χ0n) is 17.6. The molecule has 0 aromatic carbocycles. The second kappa shape index (κ2) is 8.34. The molecule has 5 rings (SSSR count). The van der Waals surface area contributed by atoms with Crippen molar-refractivity contribution in [1.82, 2.24) is 24.4 Å². The average molecular weight is 432 g/mol. The molecule has 3 aromatic heterocycles. The molecule has 2 fully saturated rings. The molecule has 3 aromatic rings. The number of carboxylic acid groups (broad SMARTS) is 1. The molecule has 10 nitrogen and oxygen atoms in total. The number of rotatable bonds is 4. The van der Waals surface area contributed by atoms with Gasteiger partial charge in [0.2, 0.25) is 5.95 Å². The Kier molecular flexibility index (Phi) is 5.23. The summed E-state index contributed by atoms with van der Waals surface area (Å²) in [6.45, 7) is 2.24. The van der Waals surface area contributed by atoms with Crippen molar-refractivity contribution in [1.29, 1.82) is 5.26 Å². The van der Waals surface area contributed by atoms with Crippen molar-refractivity contribution in [2.24, 2.45) is 0 Å². The number of hydrogen-bond donors (Lipinski definition) is 2. The molecule has 10 heteroatoms. The standard InChI is InChI=1S/C22H24N8O2/c23-12-18-11-15-13-25-21(27-20(15)30(18)16-3-1-2-4-16)26-19-6-5-17(14-24-19)28-7-9-29(10-8-28)22(31)32/h5-6,11,13-14,16H,1-4,7-10H2,(H,31,32)(H,24,25,26,27). The van der Waals surface area contributed by atoms with Crippen LogP contribution in [0.3, 0.4) is 0 Å². The SMILES string of the molecule is N#Cc1cc2cnc(Nc3ccc(N4CCN(C(=O)O)CC4)cn3)nc2n1C1CCCC1. The van der Waals surface area contributed by atoms with E-state index in [1.54, 1.807) is 12.4 Å². The van der Waals surface area contributed by atoms with Crippen LogP contribution in [0.15, 0.2) is 30.6 Å². The Hall–Kier alpha value is -3.87. The number of piperazine rings is 1. The summed E-state index contributed by atoms with van der Waals surface area (Å²) in [5.41, 5.74) is 2.36. The van der Waals surface area contributed by atoms with E-state index in [-0.39, 0.29) is 0 Å². The molecule has 0 radical (unpaired) electrons. The quantitative estimate of drug-likeness (QED) is 0.643. The predicted molar refractivity (Wildman–Crippen MR) is 119 cm³/mol.